The highest BCUT2D eigenvalue weighted by Gasteiger charge is 2.33. The summed E-state index contributed by atoms with van der Waals surface area (Å²) in [5.41, 5.74) is 6.96. The van der Waals surface area contributed by atoms with Crippen molar-refractivity contribution in [3.63, 3.8) is 0 Å². The van der Waals surface area contributed by atoms with Gasteiger partial charge in [-0.3, -0.25) is 4.57 Å². The molecule has 0 spiro atoms. The summed E-state index contributed by atoms with van der Waals surface area (Å²) in [6.45, 7) is 2.02. The van der Waals surface area contributed by atoms with E-state index in [1.165, 1.54) is 28.6 Å². The zero-order chi connectivity index (χ0) is 29.5. The zero-order valence-electron chi connectivity index (χ0n) is 22.4. The van der Waals surface area contributed by atoms with Crippen molar-refractivity contribution < 1.29 is 27.2 Å². The van der Waals surface area contributed by atoms with E-state index in [2.05, 4.69) is 20.6 Å². The van der Waals surface area contributed by atoms with Crippen molar-refractivity contribution in [2.75, 3.05) is 49.5 Å². The molecular weight excluding hydrogens is 572 g/mol. The summed E-state index contributed by atoms with van der Waals surface area (Å²) in [5.74, 6) is 0.453. The van der Waals surface area contributed by atoms with E-state index in [1.54, 1.807) is 36.5 Å². The number of benzene rings is 2. The van der Waals surface area contributed by atoms with Gasteiger partial charge in [0.05, 0.1) is 11.1 Å². The first-order valence-corrected chi connectivity index (χ1v) is 16.5. The van der Waals surface area contributed by atoms with Crippen molar-refractivity contribution in [1.82, 2.24) is 19.2 Å². The van der Waals surface area contributed by atoms with Crippen LogP contribution >= 0.6 is 7.60 Å². The van der Waals surface area contributed by atoms with Gasteiger partial charge in [0, 0.05) is 36.7 Å². The van der Waals surface area contributed by atoms with Crippen molar-refractivity contribution in [3.8, 4) is 0 Å². The molecule has 0 aliphatic carbocycles. The second-order valence-corrected chi connectivity index (χ2v) is 13.4. The molecular formula is C26H35FN7O5PS. The highest BCUT2D eigenvalue weighted by molar-refractivity contribution is 7.89. The van der Waals surface area contributed by atoms with Crippen LogP contribution in [0.5, 0.6) is 0 Å². The Hall–Kier alpha value is -2.97. The Balaban J connectivity index is 1.41. The second kappa shape index (κ2) is 13.8. The van der Waals surface area contributed by atoms with E-state index < -0.39 is 17.6 Å². The lowest BCUT2D eigenvalue weighted by Gasteiger charge is -2.38. The fourth-order valence-corrected chi connectivity index (χ4v) is 6.86. The van der Waals surface area contributed by atoms with Gasteiger partial charge in [0.1, 0.15) is 11.6 Å². The molecule has 1 aromatic heterocycles. The van der Waals surface area contributed by atoms with Crippen LogP contribution in [0.1, 0.15) is 19.3 Å². The molecule has 0 bridgehead atoms. The standard InChI is InChI=1S/C26H35FN7O5PS/c27-20-2-4-21(5-3-20)30-25-10-14-29-26(32-25)31-22-6-8-24(9-7-22)41(38,39)34(15-1-13-28)23-11-16-33(17-12-23)18-19-40(35,36)37/h2-10,14,23H,1,11-13,15-19,28H2,(H2,35,36,37)(H2,29,30,31,32). The SMILES string of the molecule is NCCCN(C1CCN(CCP(=O)(O)O)CC1)S(=O)(=O)c1ccc(Nc2nccc(Nc3ccc(F)cc3)n2)cc1. The molecule has 1 saturated heterocycles. The number of anilines is 4. The van der Waals surface area contributed by atoms with Gasteiger partial charge in [-0.25, -0.2) is 17.8 Å². The maximum absolute atomic E-state index is 13.7. The molecule has 15 heteroatoms. The van der Waals surface area contributed by atoms with Gasteiger partial charge in [0.15, 0.2) is 0 Å². The summed E-state index contributed by atoms with van der Waals surface area (Å²) in [6, 6.07) is 13.6. The van der Waals surface area contributed by atoms with Crippen molar-refractivity contribution in [3.05, 3.63) is 66.6 Å². The topological polar surface area (TPSA) is 174 Å². The highest BCUT2D eigenvalue weighted by Crippen LogP contribution is 2.34. The first-order chi connectivity index (χ1) is 19.5. The molecule has 4 rings (SSSR count). The number of halogens is 1. The van der Waals surface area contributed by atoms with Gasteiger partial charge in [0.2, 0.25) is 16.0 Å². The Bertz CT molecular complexity index is 1430. The number of nitrogens with zero attached hydrogens (tertiary/aromatic N) is 4. The van der Waals surface area contributed by atoms with Gasteiger partial charge in [0.25, 0.3) is 0 Å². The minimum absolute atomic E-state index is 0.150. The largest absolute Gasteiger partial charge is 0.340 e. The lowest BCUT2D eigenvalue weighted by molar-refractivity contribution is 0.163. The highest BCUT2D eigenvalue weighted by atomic mass is 32.2. The predicted octanol–water partition coefficient (Wildman–Crippen LogP) is 3.08. The summed E-state index contributed by atoms with van der Waals surface area (Å²) in [7, 11) is -7.90. The molecule has 12 nitrogen and oxygen atoms in total. The summed E-state index contributed by atoms with van der Waals surface area (Å²) in [5, 5.41) is 6.14. The number of rotatable bonds is 13. The average molecular weight is 608 g/mol. The number of hydrogen-bond donors (Lipinski definition) is 5. The molecule has 3 aromatic rings. The molecule has 0 unspecified atom stereocenters. The van der Waals surface area contributed by atoms with Gasteiger partial charge >= 0.3 is 7.60 Å². The Morgan fingerprint density at radius 3 is 2.29 bits per heavy atom. The van der Waals surface area contributed by atoms with E-state index in [1.807, 2.05) is 4.90 Å². The molecule has 0 saturated carbocycles. The smallest absolute Gasteiger partial charge is 0.326 e. The van der Waals surface area contributed by atoms with E-state index in [0.29, 0.717) is 62.0 Å². The molecule has 1 fully saturated rings. The van der Waals surface area contributed by atoms with Crippen LogP contribution < -0.4 is 16.4 Å². The van der Waals surface area contributed by atoms with E-state index in [4.69, 9.17) is 15.5 Å². The van der Waals surface area contributed by atoms with Gasteiger partial charge < -0.3 is 31.1 Å². The Kier molecular flexibility index (Phi) is 10.4. The number of sulfonamides is 1. The van der Waals surface area contributed by atoms with E-state index in [-0.39, 0.29) is 36.0 Å². The van der Waals surface area contributed by atoms with Crippen LogP contribution in [0.4, 0.5) is 27.5 Å². The van der Waals surface area contributed by atoms with Crippen molar-refractivity contribution in [2.24, 2.45) is 5.73 Å². The van der Waals surface area contributed by atoms with Gasteiger partial charge in [-0.1, -0.05) is 0 Å². The summed E-state index contributed by atoms with van der Waals surface area (Å²) < 4.78 is 53.2. The molecule has 6 N–H and O–H groups in total. The molecule has 222 valence electrons. The maximum Gasteiger partial charge on any atom is 0.326 e. The molecule has 1 aliphatic rings. The van der Waals surface area contributed by atoms with E-state index in [9.17, 15) is 17.4 Å². The first kappa shape index (κ1) is 31.0. The monoisotopic (exact) mass is 607 g/mol. The van der Waals surface area contributed by atoms with Crippen molar-refractivity contribution >= 4 is 40.8 Å². The first-order valence-electron chi connectivity index (χ1n) is 13.2. The van der Waals surface area contributed by atoms with Crippen LogP contribution in [0.2, 0.25) is 0 Å². The third kappa shape index (κ3) is 9.01. The van der Waals surface area contributed by atoms with Crippen LogP contribution in [0.3, 0.4) is 0 Å². The molecule has 1 aliphatic heterocycles. The Morgan fingerprint density at radius 2 is 1.66 bits per heavy atom. The third-order valence-electron chi connectivity index (χ3n) is 6.74. The summed E-state index contributed by atoms with van der Waals surface area (Å²) in [6.07, 6.45) is 2.98. The number of likely N-dealkylation sites (tertiary alicyclic amines) is 1. The number of nitrogens with two attached hydrogens (primary N) is 1. The number of aromatic nitrogens is 2. The Labute approximate surface area is 239 Å². The van der Waals surface area contributed by atoms with Gasteiger partial charge in [-0.2, -0.15) is 9.29 Å². The number of hydrogen-bond acceptors (Lipinski definition) is 9. The average Bonchev–Trinajstić information content (AvgIpc) is 2.94. The number of piperidine rings is 1. The lowest BCUT2D eigenvalue weighted by atomic mass is 10.1. The van der Waals surface area contributed by atoms with Crippen LogP contribution in [0, 0.1) is 5.82 Å². The molecule has 0 atom stereocenters. The van der Waals surface area contributed by atoms with Crippen molar-refractivity contribution in [1.29, 1.82) is 0 Å². The van der Waals surface area contributed by atoms with Gasteiger partial charge in [-0.05, 0) is 93.5 Å². The molecule has 0 radical (unpaired) electrons. The van der Waals surface area contributed by atoms with Gasteiger partial charge in [-0.15, -0.1) is 0 Å². The quantitative estimate of drug-likeness (QED) is 0.181. The van der Waals surface area contributed by atoms with E-state index in [0.717, 1.165) is 0 Å². The molecule has 0 amide bonds. The van der Waals surface area contributed by atoms with Crippen molar-refractivity contribution in [2.45, 2.75) is 30.2 Å². The van der Waals surface area contributed by atoms with Crippen LogP contribution in [-0.4, -0.2) is 82.3 Å². The minimum atomic E-state index is -4.08. The number of nitrogens with one attached hydrogen (secondary N) is 2. The van der Waals surface area contributed by atoms with Crippen LogP contribution in [0.15, 0.2) is 65.7 Å². The molecule has 2 heterocycles. The minimum Gasteiger partial charge on any atom is -0.340 e. The predicted molar refractivity (Wildman–Crippen MR) is 155 cm³/mol. The van der Waals surface area contributed by atoms with Crippen LogP contribution in [-0.2, 0) is 14.6 Å². The zero-order valence-corrected chi connectivity index (χ0v) is 24.1. The lowest BCUT2D eigenvalue weighted by Crippen LogP contribution is -2.48. The van der Waals surface area contributed by atoms with Crippen LogP contribution in [0.25, 0.3) is 0 Å². The maximum atomic E-state index is 13.7. The second-order valence-electron chi connectivity index (χ2n) is 9.77. The summed E-state index contributed by atoms with van der Waals surface area (Å²) in [4.78, 5) is 29.0. The fourth-order valence-electron chi connectivity index (χ4n) is 4.59. The normalized spacial score (nSPS) is 15.2. The fraction of sp³-hybridized carbons (Fsp3) is 0.385. The summed E-state index contributed by atoms with van der Waals surface area (Å²) >= 11 is 0. The molecule has 41 heavy (non-hydrogen) atoms. The Morgan fingerprint density at radius 1 is 1.02 bits per heavy atom. The molecule has 2 aromatic carbocycles. The third-order valence-corrected chi connectivity index (χ3v) is 9.49. The van der Waals surface area contributed by atoms with E-state index >= 15 is 0 Å².